The summed E-state index contributed by atoms with van der Waals surface area (Å²) in [4.78, 5) is 84.1. The predicted molar refractivity (Wildman–Crippen MR) is 200 cm³/mol. The first-order chi connectivity index (χ1) is 25.4. The van der Waals surface area contributed by atoms with Gasteiger partial charge in [0.2, 0.25) is 29.5 Å². The number of rotatable bonds is 13. The van der Waals surface area contributed by atoms with E-state index in [9.17, 15) is 28.8 Å². The number of cyclic esters (lactones) is 1. The molecule has 53 heavy (non-hydrogen) atoms. The molecule has 6 atom stereocenters. The van der Waals surface area contributed by atoms with Gasteiger partial charge in [0.1, 0.15) is 36.8 Å². The van der Waals surface area contributed by atoms with E-state index in [1.165, 1.54) is 4.90 Å². The van der Waals surface area contributed by atoms with Gasteiger partial charge >= 0.3 is 5.97 Å². The highest BCUT2D eigenvalue weighted by Crippen LogP contribution is 2.27. The van der Waals surface area contributed by atoms with Gasteiger partial charge in [-0.2, -0.15) is 0 Å². The Labute approximate surface area is 315 Å². The molecule has 2 saturated carbocycles. The molecule has 0 radical (unpaired) electrons. The van der Waals surface area contributed by atoms with Crippen LogP contribution in [-0.2, 0) is 38.2 Å². The fraction of sp³-hybridized carbons (Fsp3) is 0.842. The van der Waals surface area contributed by atoms with Crippen LogP contribution in [0.2, 0.25) is 0 Å². The lowest BCUT2D eigenvalue weighted by molar-refractivity contribution is -0.157. The molecule has 1 heterocycles. The minimum atomic E-state index is -1.23. The number of amides is 5. The molecule has 8 N–H and O–H groups in total. The summed E-state index contributed by atoms with van der Waals surface area (Å²) in [7, 11) is 1.58. The summed E-state index contributed by atoms with van der Waals surface area (Å²) in [5.41, 5.74) is 11.9. The third kappa shape index (κ3) is 13.8. The van der Waals surface area contributed by atoms with E-state index in [0.717, 1.165) is 57.8 Å². The van der Waals surface area contributed by atoms with E-state index in [1.807, 2.05) is 6.92 Å². The first-order valence-corrected chi connectivity index (χ1v) is 20.1. The number of unbranched alkanes of at least 4 members (excludes halogenated alkanes) is 4. The Balaban J connectivity index is 1.99. The summed E-state index contributed by atoms with van der Waals surface area (Å²) in [5.74, 6) is -4.52. The Morgan fingerprint density at radius 1 is 0.792 bits per heavy atom. The van der Waals surface area contributed by atoms with Crippen LogP contribution >= 0.6 is 0 Å². The molecular weight excluding hydrogens is 682 g/mol. The van der Waals surface area contributed by atoms with Crippen molar-refractivity contribution in [1.82, 2.24) is 26.2 Å². The SMILES string of the molecule is CCCCCC[C@H]1OC(=O)CNC(=O)[C@H](COC2CC(N)C2)NC(=O)[C@H](CN)NC(=O)[C@H](C2CCCCCC2)NC(=O)[C@H](CCCC)N(C)C(=O)[C@@H]1C. The number of nitrogens with zero attached hydrogens (tertiary/aromatic N) is 1. The number of nitrogens with two attached hydrogens (primary N) is 2. The van der Waals surface area contributed by atoms with Crippen molar-refractivity contribution in [3.05, 3.63) is 0 Å². The van der Waals surface area contributed by atoms with Crippen molar-refractivity contribution in [2.24, 2.45) is 23.3 Å². The lowest BCUT2D eigenvalue weighted by atomic mass is 9.90. The summed E-state index contributed by atoms with van der Waals surface area (Å²) < 4.78 is 11.7. The predicted octanol–water partition coefficient (Wildman–Crippen LogP) is 1.54. The molecular formula is C38H67N7O8. The number of carbonyl (C=O) groups excluding carboxylic acids is 6. The zero-order chi connectivity index (χ0) is 38.9. The van der Waals surface area contributed by atoms with Crippen molar-refractivity contribution >= 4 is 35.5 Å². The average Bonchev–Trinajstić information content (AvgIpc) is 3.42. The Kier molecular flexibility index (Phi) is 19.0. The van der Waals surface area contributed by atoms with E-state index < -0.39 is 72.3 Å². The smallest absolute Gasteiger partial charge is 0.325 e. The second-order valence-corrected chi connectivity index (χ2v) is 15.3. The van der Waals surface area contributed by atoms with Crippen molar-refractivity contribution in [1.29, 1.82) is 0 Å². The highest BCUT2D eigenvalue weighted by molar-refractivity contribution is 5.96. The number of ether oxygens (including phenoxy) is 2. The third-order valence-electron chi connectivity index (χ3n) is 11.0. The molecule has 0 aromatic carbocycles. The summed E-state index contributed by atoms with van der Waals surface area (Å²) in [6.07, 6.45) is 11.3. The molecule has 0 unspecified atom stereocenters. The van der Waals surface area contributed by atoms with Crippen molar-refractivity contribution in [3.63, 3.8) is 0 Å². The third-order valence-corrected chi connectivity index (χ3v) is 11.0. The highest BCUT2D eigenvalue weighted by Gasteiger charge is 2.39. The van der Waals surface area contributed by atoms with Gasteiger partial charge in [0, 0.05) is 19.6 Å². The van der Waals surface area contributed by atoms with E-state index in [1.54, 1.807) is 14.0 Å². The highest BCUT2D eigenvalue weighted by atomic mass is 16.5. The molecule has 3 fully saturated rings. The molecule has 0 aromatic heterocycles. The van der Waals surface area contributed by atoms with Crippen LogP contribution in [0.25, 0.3) is 0 Å². The molecule has 0 spiro atoms. The van der Waals surface area contributed by atoms with Crippen molar-refractivity contribution in [3.8, 4) is 0 Å². The van der Waals surface area contributed by atoms with Gasteiger partial charge < -0.3 is 47.1 Å². The normalized spacial score (nSPS) is 30.7. The quantitative estimate of drug-likeness (QED) is 0.0905. The number of carbonyl (C=O) groups is 6. The standard InChI is InChI=1S/C38H67N7O8/c1-5-7-9-14-18-31-24(3)38(51)45(4)30(17-8-6-2)36(49)44-33(25-15-12-10-11-13-16-25)37(50)42-28(21-39)35(48)43-29(23-52-27-19-26(40)20-27)34(47)41-22-32(46)53-31/h24-31,33H,5-23,39-40H2,1-4H3,(H,41,47)(H,42,50)(H,43,48)(H,44,49)/t24-,26?,27?,28+,29+,30+,31-,33+/m1/s1. The number of hydrogen-bond acceptors (Lipinski definition) is 10. The van der Waals surface area contributed by atoms with Crippen LogP contribution in [0.4, 0.5) is 0 Å². The maximum absolute atomic E-state index is 14.2. The minimum absolute atomic E-state index is 0.00249. The zero-order valence-corrected chi connectivity index (χ0v) is 32.5. The summed E-state index contributed by atoms with van der Waals surface area (Å²) in [5, 5.41) is 10.9. The average molecular weight is 750 g/mol. The van der Waals surface area contributed by atoms with Crippen LogP contribution in [0.15, 0.2) is 0 Å². The molecule has 3 aliphatic rings. The van der Waals surface area contributed by atoms with Crippen LogP contribution < -0.4 is 32.7 Å². The van der Waals surface area contributed by atoms with Gasteiger partial charge in [0.05, 0.1) is 18.6 Å². The number of hydrogen-bond donors (Lipinski definition) is 6. The first kappa shape index (κ1) is 44.1. The molecule has 5 amide bonds. The second-order valence-electron chi connectivity index (χ2n) is 15.3. The van der Waals surface area contributed by atoms with Crippen LogP contribution in [0.1, 0.15) is 124 Å². The molecule has 2 aliphatic carbocycles. The Morgan fingerprint density at radius 2 is 1.45 bits per heavy atom. The zero-order valence-electron chi connectivity index (χ0n) is 32.5. The molecule has 1 saturated heterocycles. The van der Waals surface area contributed by atoms with Gasteiger partial charge in [-0.1, -0.05) is 78.6 Å². The number of likely N-dealkylation sites (N-methyl/N-ethyl adjacent to an activating group) is 1. The van der Waals surface area contributed by atoms with Crippen LogP contribution in [0.3, 0.4) is 0 Å². The lowest BCUT2D eigenvalue weighted by Gasteiger charge is -2.34. The Hall–Kier alpha value is -3.30. The van der Waals surface area contributed by atoms with E-state index in [4.69, 9.17) is 20.9 Å². The summed E-state index contributed by atoms with van der Waals surface area (Å²) >= 11 is 0. The lowest BCUT2D eigenvalue weighted by Crippen LogP contribution is -2.62. The summed E-state index contributed by atoms with van der Waals surface area (Å²) in [6.45, 7) is 4.78. The minimum Gasteiger partial charge on any atom is -0.460 e. The summed E-state index contributed by atoms with van der Waals surface area (Å²) in [6, 6.07) is -4.33. The molecule has 0 bridgehead atoms. The maximum atomic E-state index is 14.2. The Bertz CT molecular complexity index is 1210. The number of esters is 1. The van der Waals surface area contributed by atoms with Gasteiger partial charge in [-0.25, -0.2) is 0 Å². The van der Waals surface area contributed by atoms with Gasteiger partial charge in [0.15, 0.2) is 0 Å². The van der Waals surface area contributed by atoms with Gasteiger partial charge in [-0.05, 0) is 50.9 Å². The molecule has 302 valence electrons. The van der Waals surface area contributed by atoms with Gasteiger partial charge in [0.25, 0.3) is 0 Å². The molecule has 15 heteroatoms. The van der Waals surface area contributed by atoms with Gasteiger partial charge in [-0.15, -0.1) is 0 Å². The topological polar surface area (TPSA) is 224 Å². The number of nitrogens with one attached hydrogen (secondary N) is 4. The van der Waals surface area contributed by atoms with Crippen molar-refractivity contribution in [2.45, 2.75) is 166 Å². The first-order valence-electron chi connectivity index (χ1n) is 20.1. The molecule has 1 aliphatic heterocycles. The maximum Gasteiger partial charge on any atom is 0.325 e. The van der Waals surface area contributed by atoms with Crippen molar-refractivity contribution < 1.29 is 38.2 Å². The monoisotopic (exact) mass is 750 g/mol. The van der Waals surface area contributed by atoms with E-state index >= 15 is 0 Å². The van der Waals surface area contributed by atoms with E-state index in [0.29, 0.717) is 44.9 Å². The van der Waals surface area contributed by atoms with Crippen molar-refractivity contribution in [2.75, 3.05) is 26.7 Å². The van der Waals surface area contributed by atoms with E-state index in [2.05, 4.69) is 28.2 Å². The largest absolute Gasteiger partial charge is 0.460 e. The van der Waals surface area contributed by atoms with Crippen LogP contribution in [0, 0.1) is 11.8 Å². The molecule has 0 aromatic rings. The fourth-order valence-electron chi connectivity index (χ4n) is 7.42. The molecule has 15 nitrogen and oxygen atoms in total. The van der Waals surface area contributed by atoms with Crippen LogP contribution in [-0.4, -0.2) is 110 Å². The fourth-order valence-corrected chi connectivity index (χ4v) is 7.42. The molecule has 3 rings (SSSR count). The Morgan fingerprint density at radius 3 is 2.08 bits per heavy atom. The van der Waals surface area contributed by atoms with Gasteiger partial charge in [-0.3, -0.25) is 28.8 Å². The van der Waals surface area contributed by atoms with E-state index in [-0.39, 0.29) is 37.1 Å². The second kappa shape index (κ2) is 22.8. The van der Waals surface area contributed by atoms with Crippen LogP contribution in [0.5, 0.6) is 0 Å².